The number of nitrogens with zero attached hydrogens (tertiary/aromatic N) is 1. The smallest absolute Gasteiger partial charge is 0.233 e. The third kappa shape index (κ3) is 1.80. The Bertz CT molecular complexity index is 407. The zero-order valence-corrected chi connectivity index (χ0v) is 11.0. The molecule has 3 rings (SSSR count). The number of imide groups is 1. The van der Waals surface area contributed by atoms with E-state index in [1.807, 2.05) is 0 Å². The van der Waals surface area contributed by atoms with Crippen LogP contribution < -0.4 is 0 Å². The van der Waals surface area contributed by atoms with E-state index < -0.39 is 0 Å². The lowest BCUT2D eigenvalue weighted by molar-refractivity contribution is -0.143. The van der Waals surface area contributed by atoms with Gasteiger partial charge >= 0.3 is 0 Å². The molecule has 0 aromatic rings. The van der Waals surface area contributed by atoms with E-state index in [0.717, 1.165) is 38.5 Å². The van der Waals surface area contributed by atoms with Gasteiger partial charge in [-0.2, -0.15) is 0 Å². The summed E-state index contributed by atoms with van der Waals surface area (Å²) in [6.07, 6.45) is 9.30. The number of carbonyl (C=O) groups is 2. The van der Waals surface area contributed by atoms with Crippen LogP contribution >= 0.6 is 0 Å². The molecule has 0 aromatic heterocycles. The van der Waals surface area contributed by atoms with Crippen LogP contribution in [-0.4, -0.2) is 22.8 Å². The molecular formula is C15H21NO2. The molecule has 98 valence electrons. The van der Waals surface area contributed by atoms with E-state index in [9.17, 15) is 9.59 Å². The highest BCUT2D eigenvalue weighted by molar-refractivity contribution is 6.05. The molecule has 1 saturated carbocycles. The average molecular weight is 247 g/mol. The highest BCUT2D eigenvalue weighted by atomic mass is 16.2. The van der Waals surface area contributed by atoms with Gasteiger partial charge < -0.3 is 0 Å². The van der Waals surface area contributed by atoms with Gasteiger partial charge in [0.2, 0.25) is 11.8 Å². The highest BCUT2D eigenvalue weighted by Gasteiger charge is 2.50. The molecule has 1 heterocycles. The molecule has 18 heavy (non-hydrogen) atoms. The number of hydrogen-bond acceptors (Lipinski definition) is 2. The summed E-state index contributed by atoms with van der Waals surface area (Å²) in [6.45, 7) is 2.07. The first kappa shape index (κ1) is 11.9. The van der Waals surface area contributed by atoms with Crippen molar-refractivity contribution in [3.63, 3.8) is 0 Å². The van der Waals surface area contributed by atoms with Crippen LogP contribution in [0.3, 0.4) is 0 Å². The topological polar surface area (TPSA) is 37.4 Å². The van der Waals surface area contributed by atoms with Crippen LogP contribution in [0.25, 0.3) is 0 Å². The lowest BCUT2D eigenvalue weighted by Crippen LogP contribution is -2.41. The van der Waals surface area contributed by atoms with Crippen LogP contribution in [0.2, 0.25) is 0 Å². The van der Waals surface area contributed by atoms with Gasteiger partial charge in [-0.3, -0.25) is 14.5 Å². The van der Waals surface area contributed by atoms with Crippen LogP contribution in [0.4, 0.5) is 0 Å². The van der Waals surface area contributed by atoms with Gasteiger partial charge in [0.05, 0.1) is 11.8 Å². The highest BCUT2D eigenvalue weighted by Crippen LogP contribution is 2.40. The Morgan fingerprint density at radius 1 is 1.06 bits per heavy atom. The van der Waals surface area contributed by atoms with Gasteiger partial charge in [-0.05, 0) is 32.6 Å². The van der Waals surface area contributed by atoms with Crippen LogP contribution in [-0.2, 0) is 9.59 Å². The van der Waals surface area contributed by atoms with Crippen molar-refractivity contribution in [3.8, 4) is 0 Å². The largest absolute Gasteiger partial charge is 0.279 e. The van der Waals surface area contributed by atoms with Crippen molar-refractivity contribution in [2.24, 2.45) is 11.8 Å². The van der Waals surface area contributed by atoms with Crippen molar-refractivity contribution in [3.05, 3.63) is 11.6 Å². The maximum absolute atomic E-state index is 12.5. The molecule has 0 N–H and O–H groups in total. The van der Waals surface area contributed by atoms with Gasteiger partial charge in [0, 0.05) is 6.04 Å². The lowest BCUT2D eigenvalue weighted by atomic mass is 9.82. The Kier molecular flexibility index (Phi) is 3.00. The summed E-state index contributed by atoms with van der Waals surface area (Å²) in [6, 6.07) is 0.199. The molecule has 2 fully saturated rings. The van der Waals surface area contributed by atoms with Gasteiger partial charge in [-0.25, -0.2) is 0 Å². The Morgan fingerprint density at radius 2 is 1.72 bits per heavy atom. The van der Waals surface area contributed by atoms with Crippen LogP contribution in [0, 0.1) is 11.8 Å². The molecule has 2 atom stereocenters. The summed E-state index contributed by atoms with van der Waals surface area (Å²) in [7, 11) is 0. The van der Waals surface area contributed by atoms with E-state index in [1.165, 1.54) is 12.0 Å². The first-order chi connectivity index (χ1) is 8.68. The second-order valence-electron chi connectivity index (χ2n) is 6.04. The van der Waals surface area contributed by atoms with Crippen molar-refractivity contribution < 1.29 is 9.59 Å². The molecule has 2 aliphatic carbocycles. The fourth-order valence-corrected chi connectivity index (χ4v) is 3.76. The van der Waals surface area contributed by atoms with E-state index in [2.05, 4.69) is 13.0 Å². The zero-order valence-electron chi connectivity index (χ0n) is 11.0. The number of likely N-dealkylation sites (tertiary alicyclic amines) is 1. The maximum Gasteiger partial charge on any atom is 0.233 e. The minimum absolute atomic E-state index is 0.0515. The van der Waals surface area contributed by atoms with E-state index in [-0.39, 0.29) is 29.7 Å². The van der Waals surface area contributed by atoms with Gasteiger partial charge in [0.25, 0.3) is 0 Å². The normalized spacial score (nSPS) is 33.6. The summed E-state index contributed by atoms with van der Waals surface area (Å²) >= 11 is 0. The Labute approximate surface area is 108 Å². The Hall–Kier alpha value is -1.12. The summed E-state index contributed by atoms with van der Waals surface area (Å²) in [5.74, 6) is 0.123. The number of amides is 2. The molecule has 0 spiro atoms. The van der Waals surface area contributed by atoms with Gasteiger partial charge in [0.1, 0.15) is 0 Å². The maximum atomic E-state index is 12.5. The molecule has 2 amide bonds. The van der Waals surface area contributed by atoms with Crippen molar-refractivity contribution in [1.29, 1.82) is 0 Å². The average Bonchev–Trinajstić information content (AvgIpc) is 2.63. The predicted octanol–water partition coefficient (Wildman–Crippen LogP) is 2.66. The number of rotatable bonds is 1. The van der Waals surface area contributed by atoms with Crippen LogP contribution in [0.15, 0.2) is 11.6 Å². The van der Waals surface area contributed by atoms with Gasteiger partial charge in [-0.15, -0.1) is 0 Å². The molecular weight excluding hydrogens is 226 g/mol. The first-order valence-corrected chi connectivity index (χ1v) is 7.21. The Morgan fingerprint density at radius 3 is 2.44 bits per heavy atom. The first-order valence-electron chi connectivity index (χ1n) is 7.21. The van der Waals surface area contributed by atoms with Crippen LogP contribution in [0.1, 0.15) is 51.9 Å². The summed E-state index contributed by atoms with van der Waals surface area (Å²) in [4.78, 5) is 26.5. The van der Waals surface area contributed by atoms with Crippen molar-refractivity contribution in [2.45, 2.75) is 57.9 Å². The second-order valence-corrected chi connectivity index (χ2v) is 6.04. The fourth-order valence-electron chi connectivity index (χ4n) is 3.76. The van der Waals surface area contributed by atoms with Crippen molar-refractivity contribution >= 4 is 11.8 Å². The summed E-state index contributed by atoms with van der Waals surface area (Å²) in [5.41, 5.74) is 1.27. The van der Waals surface area contributed by atoms with Gasteiger partial charge in [-0.1, -0.05) is 30.9 Å². The van der Waals surface area contributed by atoms with E-state index >= 15 is 0 Å². The second kappa shape index (κ2) is 4.52. The minimum atomic E-state index is -0.0527. The zero-order chi connectivity index (χ0) is 12.7. The van der Waals surface area contributed by atoms with Crippen molar-refractivity contribution in [1.82, 2.24) is 4.90 Å². The van der Waals surface area contributed by atoms with Gasteiger partial charge in [0.15, 0.2) is 0 Å². The summed E-state index contributed by atoms with van der Waals surface area (Å²) < 4.78 is 0. The molecule has 1 aliphatic heterocycles. The molecule has 3 heteroatoms. The molecule has 0 bridgehead atoms. The predicted molar refractivity (Wildman–Crippen MR) is 68.7 cm³/mol. The molecule has 0 unspecified atom stereocenters. The SMILES string of the molecule is CC1=CC[C@@H]2C(=O)N(C3CCCCC3)C(=O)[C@H]2C1. The summed E-state index contributed by atoms with van der Waals surface area (Å²) in [5, 5.41) is 0. The third-order valence-electron chi connectivity index (χ3n) is 4.80. The number of hydrogen-bond donors (Lipinski definition) is 0. The van der Waals surface area contributed by atoms with Crippen LogP contribution in [0.5, 0.6) is 0 Å². The number of fused-ring (bicyclic) bond motifs is 1. The number of carbonyl (C=O) groups excluding carboxylic acids is 2. The molecule has 3 aliphatic rings. The lowest BCUT2D eigenvalue weighted by Gasteiger charge is -2.29. The standard InChI is InChI=1S/C15H21NO2/c1-10-7-8-12-13(9-10)15(18)16(14(12)17)11-5-3-2-4-6-11/h7,11-13H,2-6,8-9H2,1H3/t12-,13-/m0/s1. The Balaban J connectivity index is 1.81. The van der Waals surface area contributed by atoms with E-state index in [1.54, 1.807) is 4.90 Å². The fraction of sp³-hybridized carbons (Fsp3) is 0.733. The molecule has 1 saturated heterocycles. The molecule has 0 radical (unpaired) electrons. The molecule has 3 nitrogen and oxygen atoms in total. The minimum Gasteiger partial charge on any atom is -0.279 e. The van der Waals surface area contributed by atoms with Crippen molar-refractivity contribution in [2.75, 3.05) is 0 Å². The van der Waals surface area contributed by atoms with E-state index in [0.29, 0.717) is 0 Å². The molecule has 0 aromatic carbocycles. The quantitative estimate of drug-likeness (QED) is 0.527. The third-order valence-corrected chi connectivity index (χ3v) is 4.80. The number of allylic oxidation sites excluding steroid dienone is 2. The monoisotopic (exact) mass is 247 g/mol. The van der Waals surface area contributed by atoms with E-state index in [4.69, 9.17) is 0 Å².